The molecule has 0 radical (unpaired) electrons. The standard InChI is InChI=1S/C15H9N7O3S/c23-14-12(22(24)25)13(16-11-8-4-5-9-20(11)14)26-15-17-18-19-21(15)10-6-2-1-3-7-10/h1-9H. The van der Waals surface area contributed by atoms with E-state index in [2.05, 4.69) is 20.5 Å². The lowest BCUT2D eigenvalue weighted by atomic mass is 10.3. The van der Waals surface area contributed by atoms with Crippen molar-refractivity contribution < 1.29 is 4.92 Å². The van der Waals surface area contributed by atoms with E-state index in [1.807, 2.05) is 18.2 Å². The van der Waals surface area contributed by atoms with Crippen LogP contribution in [0.15, 0.2) is 69.7 Å². The smallest absolute Gasteiger partial charge is 0.262 e. The van der Waals surface area contributed by atoms with Crippen molar-refractivity contribution in [1.82, 2.24) is 29.6 Å². The molecule has 0 saturated carbocycles. The maximum atomic E-state index is 12.5. The van der Waals surface area contributed by atoms with Crippen molar-refractivity contribution in [3.63, 3.8) is 0 Å². The molecule has 1 aromatic carbocycles. The number of rotatable bonds is 4. The van der Waals surface area contributed by atoms with Crippen molar-refractivity contribution in [3.8, 4) is 5.69 Å². The van der Waals surface area contributed by atoms with Crippen molar-refractivity contribution in [1.29, 1.82) is 0 Å². The Balaban J connectivity index is 1.87. The van der Waals surface area contributed by atoms with Gasteiger partial charge in [-0.2, -0.15) is 4.68 Å². The fraction of sp³-hybridized carbons (Fsp3) is 0. The van der Waals surface area contributed by atoms with Gasteiger partial charge in [-0.1, -0.05) is 24.3 Å². The van der Waals surface area contributed by atoms with E-state index in [1.54, 1.807) is 30.3 Å². The van der Waals surface area contributed by atoms with Gasteiger partial charge in [0.05, 0.1) is 10.6 Å². The Kier molecular flexibility index (Phi) is 3.89. The maximum Gasteiger partial charge on any atom is 0.366 e. The number of tetrazole rings is 1. The minimum atomic E-state index is -0.762. The van der Waals surface area contributed by atoms with Gasteiger partial charge in [0, 0.05) is 6.20 Å². The van der Waals surface area contributed by atoms with Gasteiger partial charge in [0.2, 0.25) is 5.16 Å². The average Bonchev–Trinajstić information content (AvgIpc) is 3.10. The van der Waals surface area contributed by atoms with Crippen LogP contribution in [-0.4, -0.2) is 34.5 Å². The van der Waals surface area contributed by atoms with E-state index < -0.39 is 16.2 Å². The van der Waals surface area contributed by atoms with Gasteiger partial charge in [0.25, 0.3) is 0 Å². The van der Waals surface area contributed by atoms with E-state index in [0.29, 0.717) is 11.3 Å². The van der Waals surface area contributed by atoms with Crippen LogP contribution in [-0.2, 0) is 0 Å². The Morgan fingerprint density at radius 3 is 2.62 bits per heavy atom. The number of aromatic nitrogens is 6. The monoisotopic (exact) mass is 367 g/mol. The summed E-state index contributed by atoms with van der Waals surface area (Å²) in [5.74, 6) is 0. The van der Waals surface area contributed by atoms with Gasteiger partial charge in [0.1, 0.15) is 5.65 Å². The number of fused-ring (bicyclic) bond motifs is 1. The molecule has 11 heteroatoms. The molecule has 3 heterocycles. The molecule has 4 rings (SSSR count). The van der Waals surface area contributed by atoms with Crippen LogP contribution in [0, 0.1) is 10.1 Å². The molecule has 26 heavy (non-hydrogen) atoms. The minimum absolute atomic E-state index is 0.0711. The molecule has 0 N–H and O–H groups in total. The van der Waals surface area contributed by atoms with Crippen LogP contribution < -0.4 is 5.56 Å². The molecular formula is C15H9N7O3S. The molecule has 128 valence electrons. The fourth-order valence-corrected chi connectivity index (χ4v) is 3.22. The number of para-hydroxylation sites is 1. The quantitative estimate of drug-likeness (QED) is 0.304. The molecule has 0 amide bonds. The molecule has 0 aliphatic carbocycles. The lowest BCUT2D eigenvalue weighted by molar-refractivity contribution is -0.389. The van der Waals surface area contributed by atoms with Gasteiger partial charge in [-0.15, -0.1) is 5.10 Å². The molecule has 3 aromatic heterocycles. The second kappa shape index (κ2) is 6.37. The fourth-order valence-electron chi connectivity index (χ4n) is 2.35. The first-order valence-electron chi connectivity index (χ1n) is 7.32. The highest BCUT2D eigenvalue weighted by molar-refractivity contribution is 7.99. The van der Waals surface area contributed by atoms with Crippen LogP contribution in [0.4, 0.5) is 5.69 Å². The Labute approximate surface area is 149 Å². The molecule has 0 aliphatic rings. The molecular weight excluding hydrogens is 358 g/mol. The van der Waals surface area contributed by atoms with Gasteiger partial charge in [0.15, 0.2) is 5.03 Å². The third-order valence-corrected chi connectivity index (χ3v) is 4.41. The van der Waals surface area contributed by atoms with Crippen LogP contribution in [0.3, 0.4) is 0 Å². The van der Waals surface area contributed by atoms with Gasteiger partial charge in [-0.25, -0.2) is 4.98 Å². The Morgan fingerprint density at radius 2 is 1.85 bits per heavy atom. The Bertz CT molecular complexity index is 1170. The van der Waals surface area contributed by atoms with Gasteiger partial charge in [-0.3, -0.25) is 19.3 Å². The normalized spacial score (nSPS) is 10.9. The third kappa shape index (κ3) is 2.69. The zero-order chi connectivity index (χ0) is 18.1. The highest BCUT2D eigenvalue weighted by atomic mass is 32.2. The Morgan fingerprint density at radius 1 is 1.08 bits per heavy atom. The molecule has 0 saturated heterocycles. The van der Waals surface area contributed by atoms with E-state index in [1.165, 1.54) is 10.9 Å². The van der Waals surface area contributed by atoms with E-state index in [-0.39, 0.29) is 10.2 Å². The third-order valence-electron chi connectivity index (χ3n) is 3.49. The van der Waals surface area contributed by atoms with Crippen LogP contribution in [0.1, 0.15) is 0 Å². The minimum Gasteiger partial charge on any atom is -0.262 e. The first-order chi connectivity index (χ1) is 12.6. The highest BCUT2D eigenvalue weighted by Gasteiger charge is 2.26. The number of nitrogens with zero attached hydrogens (tertiary/aromatic N) is 7. The highest BCUT2D eigenvalue weighted by Crippen LogP contribution is 2.30. The zero-order valence-electron chi connectivity index (χ0n) is 13.0. The van der Waals surface area contributed by atoms with E-state index in [0.717, 1.165) is 16.2 Å². The molecule has 0 atom stereocenters. The number of pyridine rings is 1. The number of hydrogen-bond acceptors (Lipinski definition) is 8. The first-order valence-corrected chi connectivity index (χ1v) is 8.14. The SMILES string of the molecule is O=c1c([N+](=O)[O-])c(Sc2nnnn2-c2ccccc2)nc2ccccn12. The van der Waals surface area contributed by atoms with Crippen molar-refractivity contribution in [2.24, 2.45) is 0 Å². The average molecular weight is 367 g/mol. The van der Waals surface area contributed by atoms with Crippen molar-refractivity contribution >= 4 is 23.1 Å². The summed E-state index contributed by atoms with van der Waals surface area (Å²) in [6, 6.07) is 13.9. The summed E-state index contributed by atoms with van der Waals surface area (Å²) in [4.78, 5) is 27.4. The summed E-state index contributed by atoms with van der Waals surface area (Å²) >= 11 is 0.860. The molecule has 0 bridgehead atoms. The summed E-state index contributed by atoms with van der Waals surface area (Å²) in [5.41, 5.74) is -0.410. The van der Waals surface area contributed by atoms with E-state index in [9.17, 15) is 14.9 Å². The predicted octanol–water partition coefficient (Wildman–Crippen LogP) is 1.73. The molecule has 0 fully saturated rings. The topological polar surface area (TPSA) is 121 Å². The van der Waals surface area contributed by atoms with Crippen LogP contribution in [0.5, 0.6) is 0 Å². The summed E-state index contributed by atoms with van der Waals surface area (Å²) < 4.78 is 2.55. The summed E-state index contributed by atoms with van der Waals surface area (Å²) in [5, 5.41) is 23.0. The molecule has 4 aromatic rings. The molecule has 0 aliphatic heterocycles. The molecule has 10 nitrogen and oxygen atoms in total. The number of hydrogen-bond donors (Lipinski definition) is 0. The van der Waals surface area contributed by atoms with Gasteiger partial charge in [-0.05, 0) is 46.5 Å². The number of nitro groups is 1. The zero-order valence-corrected chi connectivity index (χ0v) is 13.8. The van der Waals surface area contributed by atoms with Crippen molar-refractivity contribution in [2.75, 3.05) is 0 Å². The van der Waals surface area contributed by atoms with Crippen LogP contribution >= 0.6 is 11.8 Å². The van der Waals surface area contributed by atoms with Gasteiger partial charge < -0.3 is 0 Å². The largest absolute Gasteiger partial charge is 0.366 e. The van der Waals surface area contributed by atoms with E-state index in [4.69, 9.17) is 0 Å². The Hall–Kier alpha value is -3.60. The molecule has 0 unspecified atom stereocenters. The van der Waals surface area contributed by atoms with Crippen LogP contribution in [0.2, 0.25) is 0 Å². The summed E-state index contributed by atoms with van der Waals surface area (Å²) in [6.07, 6.45) is 1.43. The maximum absolute atomic E-state index is 12.5. The van der Waals surface area contributed by atoms with E-state index >= 15 is 0 Å². The van der Waals surface area contributed by atoms with Crippen LogP contribution in [0.25, 0.3) is 11.3 Å². The summed E-state index contributed by atoms with van der Waals surface area (Å²) in [7, 11) is 0. The van der Waals surface area contributed by atoms with Gasteiger partial charge >= 0.3 is 11.2 Å². The first kappa shape index (κ1) is 15.9. The van der Waals surface area contributed by atoms with Crippen molar-refractivity contribution in [2.45, 2.75) is 10.2 Å². The van der Waals surface area contributed by atoms with Crippen molar-refractivity contribution in [3.05, 3.63) is 75.2 Å². The second-order valence-corrected chi connectivity index (χ2v) is 6.02. The lowest BCUT2D eigenvalue weighted by Crippen LogP contribution is -2.19. The molecule has 0 spiro atoms. The second-order valence-electron chi connectivity index (χ2n) is 5.07. The lowest BCUT2D eigenvalue weighted by Gasteiger charge is -2.05. The summed E-state index contributed by atoms with van der Waals surface area (Å²) in [6.45, 7) is 0. The predicted molar refractivity (Wildman–Crippen MR) is 91.4 cm³/mol. The number of benzene rings is 1.